The van der Waals surface area contributed by atoms with E-state index in [0.717, 1.165) is 11.3 Å². The van der Waals surface area contributed by atoms with Gasteiger partial charge in [0.1, 0.15) is 8.07 Å². The van der Waals surface area contributed by atoms with Gasteiger partial charge in [-0.3, -0.25) is 9.69 Å². The van der Waals surface area contributed by atoms with Gasteiger partial charge in [0.2, 0.25) is 0 Å². The third-order valence-corrected chi connectivity index (χ3v) is 9.90. The lowest BCUT2D eigenvalue weighted by molar-refractivity contribution is -0.140. The van der Waals surface area contributed by atoms with Crippen molar-refractivity contribution in [3.8, 4) is 0 Å². The van der Waals surface area contributed by atoms with Crippen molar-refractivity contribution in [3.05, 3.63) is 77.1 Å². The van der Waals surface area contributed by atoms with Gasteiger partial charge in [0.25, 0.3) is 0 Å². The molecule has 0 aliphatic carbocycles. The molecule has 0 saturated heterocycles. The van der Waals surface area contributed by atoms with Crippen LogP contribution in [0.5, 0.6) is 0 Å². The third-order valence-electron chi connectivity index (χ3n) is 6.03. The van der Waals surface area contributed by atoms with E-state index in [9.17, 15) is 9.59 Å². The molecule has 0 aromatic heterocycles. The Hall–Kier alpha value is -2.86. The molecule has 0 fully saturated rings. The minimum absolute atomic E-state index is 0.0352. The largest absolute Gasteiger partial charge is 0.469 e. The van der Waals surface area contributed by atoms with Gasteiger partial charge < -0.3 is 9.47 Å². The standard InChI is InChI=1S/C24H29NO4Si/c1-17-22(18-12-8-6-9-13-18)25(24(27)29-3)20(16-21(26)28-2)23(17)30(4,5)19-14-10-7-11-15-19/h6-15,17,22H,16H2,1-5H3/t17-,22-/m0/s1. The Morgan fingerprint density at radius 3 is 2.03 bits per heavy atom. The molecule has 2 aromatic carbocycles. The number of amides is 1. The molecule has 2 atom stereocenters. The number of ether oxygens (including phenoxy) is 2. The molecule has 0 unspecified atom stereocenters. The maximum atomic E-state index is 13.0. The Kier molecular flexibility index (Phi) is 6.46. The van der Waals surface area contributed by atoms with Gasteiger partial charge in [-0.25, -0.2) is 4.79 Å². The summed E-state index contributed by atoms with van der Waals surface area (Å²) in [5, 5.41) is 2.44. The smallest absolute Gasteiger partial charge is 0.414 e. The highest BCUT2D eigenvalue weighted by atomic mass is 28.3. The number of rotatable bonds is 5. The lowest BCUT2D eigenvalue weighted by Gasteiger charge is -2.30. The molecule has 2 aromatic rings. The maximum Gasteiger partial charge on any atom is 0.414 e. The van der Waals surface area contributed by atoms with E-state index >= 15 is 0 Å². The molecule has 158 valence electrons. The van der Waals surface area contributed by atoms with Crippen molar-refractivity contribution in [2.75, 3.05) is 14.2 Å². The maximum absolute atomic E-state index is 13.0. The molecule has 1 heterocycles. The van der Waals surface area contributed by atoms with Crippen molar-refractivity contribution in [1.29, 1.82) is 0 Å². The lowest BCUT2D eigenvalue weighted by Crippen LogP contribution is -2.45. The van der Waals surface area contributed by atoms with Gasteiger partial charge in [-0.05, 0) is 5.56 Å². The van der Waals surface area contributed by atoms with E-state index in [1.54, 1.807) is 4.90 Å². The lowest BCUT2D eigenvalue weighted by atomic mass is 9.96. The number of nitrogens with zero attached hydrogens (tertiary/aromatic N) is 1. The monoisotopic (exact) mass is 423 g/mol. The summed E-state index contributed by atoms with van der Waals surface area (Å²) in [4.78, 5) is 27.0. The van der Waals surface area contributed by atoms with Crippen molar-refractivity contribution in [2.24, 2.45) is 5.92 Å². The highest BCUT2D eigenvalue weighted by molar-refractivity contribution is 6.95. The van der Waals surface area contributed by atoms with E-state index in [2.05, 4.69) is 32.2 Å². The first kappa shape index (κ1) is 21.8. The zero-order valence-electron chi connectivity index (χ0n) is 18.2. The summed E-state index contributed by atoms with van der Waals surface area (Å²) in [6.07, 6.45) is -0.416. The highest BCUT2D eigenvalue weighted by Gasteiger charge is 2.48. The predicted octanol–water partition coefficient (Wildman–Crippen LogP) is 4.42. The number of hydrogen-bond donors (Lipinski definition) is 0. The SMILES string of the molecule is COC(=O)CC1=C([Si](C)(C)c2ccccc2)[C@@H](C)[C@@H](c2ccccc2)N1C(=O)OC. The number of hydrogen-bond acceptors (Lipinski definition) is 4. The van der Waals surface area contributed by atoms with Crippen molar-refractivity contribution in [3.63, 3.8) is 0 Å². The predicted molar refractivity (Wildman–Crippen MR) is 120 cm³/mol. The first-order valence-corrected chi connectivity index (χ1v) is 13.1. The van der Waals surface area contributed by atoms with E-state index in [1.165, 1.54) is 24.6 Å². The first-order valence-electron chi connectivity index (χ1n) is 10.1. The summed E-state index contributed by atoms with van der Waals surface area (Å²) in [6, 6.07) is 20.1. The number of esters is 1. The highest BCUT2D eigenvalue weighted by Crippen LogP contribution is 2.48. The van der Waals surface area contributed by atoms with Gasteiger partial charge in [-0.2, -0.15) is 0 Å². The minimum Gasteiger partial charge on any atom is -0.469 e. The van der Waals surface area contributed by atoms with Crippen LogP contribution in [-0.2, 0) is 14.3 Å². The fourth-order valence-corrected chi connectivity index (χ4v) is 8.24. The van der Waals surface area contributed by atoms with Gasteiger partial charge in [0, 0.05) is 11.6 Å². The molecule has 5 nitrogen and oxygen atoms in total. The molecule has 0 bridgehead atoms. The topological polar surface area (TPSA) is 55.8 Å². The quantitative estimate of drug-likeness (QED) is 0.528. The van der Waals surface area contributed by atoms with Crippen molar-refractivity contribution >= 4 is 25.3 Å². The molecule has 1 aliphatic rings. The van der Waals surface area contributed by atoms with Gasteiger partial charge in [-0.1, -0.05) is 91.1 Å². The summed E-state index contributed by atoms with van der Waals surface area (Å²) >= 11 is 0. The molecule has 0 radical (unpaired) electrons. The normalized spacial score (nSPS) is 19.0. The molecule has 0 spiro atoms. The van der Waals surface area contributed by atoms with Crippen molar-refractivity contribution in [1.82, 2.24) is 4.90 Å². The second-order valence-electron chi connectivity index (χ2n) is 8.09. The van der Waals surface area contributed by atoms with Crippen LogP contribution in [0.4, 0.5) is 4.79 Å². The molecule has 30 heavy (non-hydrogen) atoms. The van der Waals surface area contributed by atoms with Gasteiger partial charge >= 0.3 is 12.1 Å². The van der Waals surface area contributed by atoms with E-state index in [1.807, 2.05) is 48.5 Å². The Bertz CT molecular complexity index is 940. The Labute approximate surface area is 179 Å². The molecule has 0 N–H and O–H groups in total. The van der Waals surface area contributed by atoms with E-state index in [0.29, 0.717) is 0 Å². The second-order valence-corrected chi connectivity index (χ2v) is 12.5. The van der Waals surface area contributed by atoms with Crippen LogP contribution in [0, 0.1) is 5.92 Å². The molecule has 6 heteroatoms. The van der Waals surface area contributed by atoms with Gasteiger partial charge in [0.05, 0.1) is 26.7 Å². The van der Waals surface area contributed by atoms with Crippen LogP contribution < -0.4 is 5.19 Å². The molecular weight excluding hydrogens is 394 g/mol. The van der Waals surface area contributed by atoms with Crippen molar-refractivity contribution < 1.29 is 19.1 Å². The van der Waals surface area contributed by atoms with Crippen LogP contribution >= 0.6 is 0 Å². The van der Waals surface area contributed by atoms with Gasteiger partial charge in [-0.15, -0.1) is 0 Å². The van der Waals surface area contributed by atoms with Crippen LogP contribution in [0.15, 0.2) is 71.6 Å². The molecule has 3 rings (SSSR count). The number of benzene rings is 2. The zero-order chi connectivity index (χ0) is 21.9. The van der Waals surface area contributed by atoms with Gasteiger partial charge in [0.15, 0.2) is 0 Å². The van der Waals surface area contributed by atoms with E-state index in [4.69, 9.17) is 9.47 Å². The number of methoxy groups -OCH3 is 2. The molecule has 1 aliphatic heterocycles. The van der Waals surface area contributed by atoms with Crippen LogP contribution in [0.3, 0.4) is 0 Å². The van der Waals surface area contributed by atoms with Crippen LogP contribution in [-0.4, -0.2) is 39.3 Å². The van der Waals surface area contributed by atoms with E-state index in [-0.39, 0.29) is 24.3 Å². The summed E-state index contributed by atoms with van der Waals surface area (Å²) in [6.45, 7) is 6.69. The first-order chi connectivity index (χ1) is 14.3. The van der Waals surface area contributed by atoms with E-state index < -0.39 is 14.2 Å². The van der Waals surface area contributed by atoms with Crippen LogP contribution in [0.25, 0.3) is 0 Å². The summed E-state index contributed by atoms with van der Waals surface area (Å²) in [5.74, 6) is -0.330. The summed E-state index contributed by atoms with van der Waals surface area (Å²) in [7, 11) is 0.546. The fraction of sp³-hybridized carbons (Fsp3) is 0.333. The Morgan fingerprint density at radius 2 is 1.50 bits per heavy atom. The Morgan fingerprint density at radius 1 is 0.933 bits per heavy atom. The molecule has 1 amide bonds. The molecular formula is C24H29NO4Si. The second kappa shape index (κ2) is 8.88. The number of carbonyl (C=O) groups is 2. The average molecular weight is 424 g/mol. The number of carbonyl (C=O) groups excluding carboxylic acids is 2. The van der Waals surface area contributed by atoms with Crippen LogP contribution in [0.2, 0.25) is 13.1 Å². The van der Waals surface area contributed by atoms with Crippen molar-refractivity contribution in [2.45, 2.75) is 32.5 Å². The third kappa shape index (κ3) is 3.92. The average Bonchev–Trinajstić information content (AvgIpc) is 3.06. The Balaban J connectivity index is 2.23. The molecule has 0 saturated carbocycles. The van der Waals surface area contributed by atoms with Crippen LogP contribution in [0.1, 0.15) is 24.9 Å². The summed E-state index contributed by atoms with van der Waals surface area (Å²) < 4.78 is 10.1. The summed E-state index contributed by atoms with van der Waals surface area (Å²) in [5.41, 5.74) is 1.74. The minimum atomic E-state index is -2.20. The zero-order valence-corrected chi connectivity index (χ0v) is 19.2. The fourth-order valence-electron chi connectivity index (χ4n) is 4.68.